The van der Waals surface area contributed by atoms with E-state index in [0.717, 1.165) is 0 Å². The van der Waals surface area contributed by atoms with Crippen LogP contribution in [0, 0.1) is 17.0 Å². The fraction of sp³-hybridized carbons (Fsp3) is 0.300. The van der Waals surface area contributed by atoms with E-state index in [2.05, 4.69) is 5.32 Å². The highest BCUT2D eigenvalue weighted by Gasteiger charge is 2.18. The van der Waals surface area contributed by atoms with Crippen molar-refractivity contribution in [3.8, 4) is 5.75 Å². The molecule has 1 N–H and O–H groups in total. The maximum Gasteiger partial charge on any atom is 0.273 e. The molecule has 0 saturated carbocycles. The molecule has 0 aliphatic carbocycles. The molecule has 0 aliphatic heterocycles. The van der Waals surface area contributed by atoms with Gasteiger partial charge in [0.1, 0.15) is 5.75 Å². The molecule has 0 heterocycles. The third-order valence-corrected chi connectivity index (χ3v) is 4.70. The number of nitrogens with zero attached hydrogens (tertiary/aromatic N) is 2. The largest absolute Gasteiger partial charge is 0.482 e. The first-order chi connectivity index (χ1) is 13.8. The van der Waals surface area contributed by atoms with Gasteiger partial charge in [-0.1, -0.05) is 17.7 Å². The third kappa shape index (κ3) is 5.45. The second-order valence-corrected chi connectivity index (χ2v) is 6.57. The van der Waals surface area contributed by atoms with Gasteiger partial charge >= 0.3 is 0 Å². The van der Waals surface area contributed by atoms with Crippen molar-refractivity contribution in [2.45, 2.75) is 20.8 Å². The number of nitro groups is 1. The highest BCUT2D eigenvalue weighted by Crippen LogP contribution is 2.28. The number of likely N-dealkylation sites (N-methyl/N-ethyl adjacent to an activating group) is 1. The molecule has 8 nitrogen and oxygen atoms in total. The fourth-order valence-electron chi connectivity index (χ4n) is 2.77. The molecule has 0 saturated heterocycles. The van der Waals surface area contributed by atoms with E-state index < -0.39 is 10.8 Å². The topological polar surface area (TPSA) is 102 Å². The third-order valence-electron chi connectivity index (χ3n) is 4.40. The summed E-state index contributed by atoms with van der Waals surface area (Å²) in [4.78, 5) is 36.7. The van der Waals surface area contributed by atoms with Gasteiger partial charge in [0.15, 0.2) is 6.61 Å². The van der Waals surface area contributed by atoms with Gasteiger partial charge in [-0.05, 0) is 45.0 Å². The second kappa shape index (κ2) is 9.88. The molecule has 0 fully saturated rings. The van der Waals surface area contributed by atoms with Crippen molar-refractivity contribution in [1.82, 2.24) is 4.90 Å². The van der Waals surface area contributed by atoms with Crippen LogP contribution in [0.3, 0.4) is 0 Å². The maximum absolute atomic E-state index is 12.5. The highest BCUT2D eigenvalue weighted by atomic mass is 35.5. The normalized spacial score (nSPS) is 10.3. The van der Waals surface area contributed by atoms with Crippen LogP contribution in [0.1, 0.15) is 29.8 Å². The predicted molar refractivity (Wildman–Crippen MR) is 111 cm³/mol. The lowest BCUT2D eigenvalue weighted by Crippen LogP contribution is -2.34. The number of amides is 2. The van der Waals surface area contributed by atoms with Crippen molar-refractivity contribution in [3.63, 3.8) is 0 Å². The molecule has 29 heavy (non-hydrogen) atoms. The first-order valence-corrected chi connectivity index (χ1v) is 9.41. The Balaban J connectivity index is 2.09. The number of nitro benzene ring substituents is 1. The van der Waals surface area contributed by atoms with E-state index in [1.807, 2.05) is 13.8 Å². The van der Waals surface area contributed by atoms with Crippen LogP contribution in [0.4, 0.5) is 11.4 Å². The number of anilines is 1. The van der Waals surface area contributed by atoms with Crippen LogP contribution in [0.2, 0.25) is 5.02 Å². The number of nitrogens with one attached hydrogen (secondary N) is 1. The van der Waals surface area contributed by atoms with Gasteiger partial charge < -0.3 is 15.0 Å². The van der Waals surface area contributed by atoms with E-state index >= 15 is 0 Å². The summed E-state index contributed by atoms with van der Waals surface area (Å²) in [5, 5.41) is 13.9. The van der Waals surface area contributed by atoms with Crippen LogP contribution in [0.5, 0.6) is 5.75 Å². The number of hydrogen-bond donors (Lipinski definition) is 1. The maximum atomic E-state index is 12.5. The molecular formula is C20H22ClN3O5. The zero-order chi connectivity index (χ0) is 21.6. The van der Waals surface area contributed by atoms with E-state index in [1.54, 1.807) is 17.0 Å². The van der Waals surface area contributed by atoms with Crippen LogP contribution in [-0.2, 0) is 4.79 Å². The zero-order valence-electron chi connectivity index (χ0n) is 16.4. The summed E-state index contributed by atoms with van der Waals surface area (Å²) in [7, 11) is 0. The minimum atomic E-state index is -0.533. The molecule has 0 aliphatic rings. The summed E-state index contributed by atoms with van der Waals surface area (Å²) >= 11 is 6.20. The Morgan fingerprint density at radius 2 is 1.90 bits per heavy atom. The SMILES string of the molecule is CCN(CC)C(=O)COc1ccc(NC(=O)c2cccc([N+](=O)[O-])c2C)cc1Cl. The molecule has 0 radical (unpaired) electrons. The average molecular weight is 420 g/mol. The van der Waals surface area contributed by atoms with E-state index in [-0.39, 0.29) is 34.4 Å². The van der Waals surface area contributed by atoms with Gasteiger partial charge in [-0.2, -0.15) is 0 Å². The lowest BCUT2D eigenvalue weighted by atomic mass is 10.1. The van der Waals surface area contributed by atoms with Crippen LogP contribution >= 0.6 is 11.6 Å². The lowest BCUT2D eigenvalue weighted by molar-refractivity contribution is -0.385. The van der Waals surface area contributed by atoms with Gasteiger partial charge in [0.05, 0.1) is 9.95 Å². The minimum absolute atomic E-state index is 0.128. The Morgan fingerprint density at radius 3 is 2.48 bits per heavy atom. The van der Waals surface area contributed by atoms with Gasteiger partial charge in [0, 0.05) is 36.0 Å². The molecule has 0 aromatic heterocycles. The Bertz CT molecular complexity index is 928. The minimum Gasteiger partial charge on any atom is -0.482 e. The standard InChI is InChI=1S/C20H22ClN3O5/c1-4-23(5-2)19(25)12-29-18-10-9-14(11-16(18)21)22-20(26)15-7-6-8-17(13(15)3)24(27)28/h6-11H,4-5,12H2,1-3H3,(H,22,26). The molecule has 2 rings (SSSR count). The van der Waals surface area contributed by atoms with Gasteiger partial charge in [-0.15, -0.1) is 0 Å². The number of ether oxygens (including phenoxy) is 1. The van der Waals surface area contributed by atoms with Crippen LogP contribution in [0.15, 0.2) is 36.4 Å². The van der Waals surface area contributed by atoms with Gasteiger partial charge in [-0.3, -0.25) is 19.7 Å². The van der Waals surface area contributed by atoms with Crippen molar-refractivity contribution in [1.29, 1.82) is 0 Å². The molecule has 9 heteroatoms. The number of rotatable bonds is 8. The van der Waals surface area contributed by atoms with Crippen LogP contribution in [-0.4, -0.2) is 41.3 Å². The molecule has 154 valence electrons. The van der Waals surface area contributed by atoms with E-state index in [1.165, 1.54) is 31.2 Å². The summed E-state index contributed by atoms with van der Waals surface area (Å²) in [6.07, 6.45) is 0. The van der Waals surface area contributed by atoms with Crippen LogP contribution < -0.4 is 10.1 Å². The van der Waals surface area contributed by atoms with Crippen molar-refractivity contribution in [2.24, 2.45) is 0 Å². The zero-order valence-corrected chi connectivity index (χ0v) is 17.2. The van der Waals surface area contributed by atoms with Crippen molar-refractivity contribution in [2.75, 3.05) is 25.0 Å². The average Bonchev–Trinajstić information content (AvgIpc) is 2.68. The molecule has 2 aromatic rings. The number of carbonyl (C=O) groups is 2. The summed E-state index contributed by atoms with van der Waals surface area (Å²) in [6, 6.07) is 8.92. The lowest BCUT2D eigenvalue weighted by Gasteiger charge is -2.19. The molecule has 2 amide bonds. The van der Waals surface area contributed by atoms with Crippen molar-refractivity contribution < 1.29 is 19.2 Å². The Labute approximate surface area is 173 Å². The fourth-order valence-corrected chi connectivity index (χ4v) is 3.00. The molecule has 0 bridgehead atoms. The van der Waals surface area contributed by atoms with Crippen molar-refractivity contribution >= 4 is 34.8 Å². The van der Waals surface area contributed by atoms with Gasteiger partial charge in [-0.25, -0.2) is 0 Å². The quantitative estimate of drug-likeness (QED) is 0.513. The predicted octanol–water partition coefficient (Wildman–Crippen LogP) is 4.06. The number of benzene rings is 2. The molecule has 2 aromatic carbocycles. The van der Waals surface area contributed by atoms with E-state index in [4.69, 9.17) is 16.3 Å². The summed E-state index contributed by atoms with van der Waals surface area (Å²) < 4.78 is 5.48. The molecular weight excluding hydrogens is 398 g/mol. The van der Waals surface area contributed by atoms with Crippen LogP contribution in [0.25, 0.3) is 0 Å². The summed E-state index contributed by atoms with van der Waals surface area (Å²) in [5.74, 6) is -0.325. The van der Waals surface area contributed by atoms with Gasteiger partial charge in [0.25, 0.3) is 17.5 Å². The highest BCUT2D eigenvalue weighted by molar-refractivity contribution is 6.32. The Kier molecular flexibility index (Phi) is 7.55. The molecule has 0 spiro atoms. The first-order valence-electron chi connectivity index (χ1n) is 9.03. The number of halogens is 1. The second-order valence-electron chi connectivity index (χ2n) is 6.16. The van der Waals surface area contributed by atoms with E-state index in [0.29, 0.717) is 24.5 Å². The number of carbonyl (C=O) groups excluding carboxylic acids is 2. The number of hydrogen-bond acceptors (Lipinski definition) is 5. The monoisotopic (exact) mass is 419 g/mol. The van der Waals surface area contributed by atoms with Crippen molar-refractivity contribution in [3.05, 3.63) is 62.7 Å². The molecule has 0 unspecified atom stereocenters. The first kappa shape index (κ1) is 22.2. The molecule has 0 atom stereocenters. The van der Waals surface area contributed by atoms with E-state index in [9.17, 15) is 19.7 Å². The van der Waals surface area contributed by atoms with Gasteiger partial charge in [0.2, 0.25) is 0 Å². The smallest absolute Gasteiger partial charge is 0.273 e. The Morgan fingerprint density at radius 1 is 1.21 bits per heavy atom. The summed E-state index contributed by atoms with van der Waals surface area (Å²) in [6.45, 7) is 6.33. The summed E-state index contributed by atoms with van der Waals surface area (Å²) in [5.41, 5.74) is 0.738. The Hall–Kier alpha value is -3.13.